The SMILES string of the molecule is C[C@](CC(=O)Cl)(C[C@](C)(O)C(=O)Cl)C(=O)O. The van der Waals surface area contributed by atoms with Crippen LogP contribution in [0, 0.1) is 5.41 Å². The van der Waals surface area contributed by atoms with Crippen LogP contribution in [-0.4, -0.2) is 32.3 Å². The van der Waals surface area contributed by atoms with Crippen molar-refractivity contribution in [2.75, 3.05) is 0 Å². The second-order valence-corrected chi connectivity index (χ2v) is 4.89. The minimum absolute atomic E-state index is 0.490. The summed E-state index contributed by atoms with van der Waals surface area (Å²) in [4.78, 5) is 32.6. The van der Waals surface area contributed by atoms with E-state index in [9.17, 15) is 19.5 Å². The second kappa shape index (κ2) is 5.12. The zero-order valence-electron chi connectivity index (χ0n) is 8.79. The predicted octanol–water partition coefficient (Wildman–Crippen LogP) is 1.14. The number of carbonyl (C=O) groups excluding carboxylic acids is 2. The molecular formula is C9H12Cl2O5. The Morgan fingerprint density at radius 1 is 1.19 bits per heavy atom. The summed E-state index contributed by atoms with van der Waals surface area (Å²) in [6, 6.07) is 0. The summed E-state index contributed by atoms with van der Waals surface area (Å²) in [6.07, 6.45) is -0.986. The fourth-order valence-electron chi connectivity index (χ4n) is 1.35. The van der Waals surface area contributed by atoms with Gasteiger partial charge in [-0.15, -0.1) is 0 Å². The van der Waals surface area contributed by atoms with Gasteiger partial charge in [0.1, 0.15) is 5.60 Å². The number of carboxylic acid groups (broad SMARTS) is 1. The van der Waals surface area contributed by atoms with E-state index in [1.54, 1.807) is 0 Å². The van der Waals surface area contributed by atoms with Gasteiger partial charge in [0, 0.05) is 12.8 Å². The summed E-state index contributed by atoms with van der Waals surface area (Å²) >= 11 is 10.2. The summed E-state index contributed by atoms with van der Waals surface area (Å²) in [5.41, 5.74) is -3.64. The highest BCUT2D eigenvalue weighted by Crippen LogP contribution is 2.34. The zero-order valence-corrected chi connectivity index (χ0v) is 10.3. The number of aliphatic hydroxyl groups is 1. The van der Waals surface area contributed by atoms with Crippen LogP contribution in [-0.2, 0) is 14.4 Å². The first-order valence-electron chi connectivity index (χ1n) is 4.35. The van der Waals surface area contributed by atoms with Gasteiger partial charge in [0.15, 0.2) is 0 Å². The van der Waals surface area contributed by atoms with Gasteiger partial charge in [0.05, 0.1) is 5.41 Å². The minimum atomic E-state index is -2.01. The summed E-state index contributed by atoms with van der Waals surface area (Å²) in [7, 11) is 0. The first kappa shape index (κ1) is 15.3. The molecule has 0 aromatic rings. The van der Waals surface area contributed by atoms with Crippen LogP contribution in [0.2, 0.25) is 0 Å². The van der Waals surface area contributed by atoms with E-state index in [4.69, 9.17) is 28.3 Å². The highest BCUT2D eigenvalue weighted by molar-refractivity contribution is 6.65. The number of rotatable bonds is 6. The summed E-state index contributed by atoms with van der Waals surface area (Å²) in [5.74, 6) is -1.33. The monoisotopic (exact) mass is 270 g/mol. The Bertz CT molecular complexity index is 326. The Morgan fingerprint density at radius 3 is 1.88 bits per heavy atom. The van der Waals surface area contributed by atoms with Crippen molar-refractivity contribution in [2.24, 2.45) is 5.41 Å². The number of carboxylic acids is 1. The average molecular weight is 271 g/mol. The molecule has 0 heterocycles. The molecule has 0 saturated carbocycles. The van der Waals surface area contributed by atoms with Gasteiger partial charge in [-0.1, -0.05) is 0 Å². The number of carbonyl (C=O) groups is 3. The third-order valence-electron chi connectivity index (χ3n) is 2.20. The fourth-order valence-corrected chi connectivity index (χ4v) is 1.71. The van der Waals surface area contributed by atoms with Crippen LogP contribution in [0.15, 0.2) is 0 Å². The molecule has 0 aliphatic heterocycles. The number of aliphatic carboxylic acids is 1. The summed E-state index contributed by atoms with van der Waals surface area (Å²) in [6.45, 7) is 2.30. The molecule has 0 aromatic heterocycles. The van der Waals surface area contributed by atoms with Gasteiger partial charge in [-0.05, 0) is 37.0 Å². The molecule has 0 unspecified atom stereocenters. The Kier molecular flexibility index (Phi) is 4.91. The highest BCUT2D eigenvalue weighted by Gasteiger charge is 2.44. The van der Waals surface area contributed by atoms with Crippen LogP contribution in [0.25, 0.3) is 0 Å². The lowest BCUT2D eigenvalue weighted by molar-refractivity contribution is -0.155. The summed E-state index contributed by atoms with van der Waals surface area (Å²) < 4.78 is 0. The topological polar surface area (TPSA) is 91.7 Å². The largest absolute Gasteiger partial charge is 0.481 e. The lowest BCUT2D eigenvalue weighted by Gasteiger charge is -2.30. The lowest BCUT2D eigenvalue weighted by Crippen LogP contribution is -2.42. The molecule has 0 aliphatic rings. The van der Waals surface area contributed by atoms with Crippen molar-refractivity contribution in [3.8, 4) is 0 Å². The molecule has 0 fully saturated rings. The predicted molar refractivity (Wildman–Crippen MR) is 57.3 cm³/mol. The highest BCUT2D eigenvalue weighted by atomic mass is 35.5. The van der Waals surface area contributed by atoms with Crippen molar-refractivity contribution < 1.29 is 24.6 Å². The van der Waals surface area contributed by atoms with Crippen molar-refractivity contribution in [1.82, 2.24) is 0 Å². The van der Waals surface area contributed by atoms with E-state index in [2.05, 4.69) is 0 Å². The van der Waals surface area contributed by atoms with E-state index >= 15 is 0 Å². The molecule has 0 bridgehead atoms. The van der Waals surface area contributed by atoms with Gasteiger partial charge >= 0.3 is 5.97 Å². The Balaban J connectivity index is 5.03. The maximum Gasteiger partial charge on any atom is 0.309 e. The number of hydrogen-bond donors (Lipinski definition) is 2. The van der Waals surface area contributed by atoms with Gasteiger partial charge in [0.25, 0.3) is 5.24 Å². The third kappa shape index (κ3) is 4.08. The van der Waals surface area contributed by atoms with E-state index in [0.717, 1.165) is 6.92 Å². The normalized spacial score (nSPS) is 18.3. The molecule has 2 atom stereocenters. The van der Waals surface area contributed by atoms with Crippen LogP contribution in [0.4, 0.5) is 0 Å². The van der Waals surface area contributed by atoms with E-state index in [0.29, 0.717) is 0 Å². The lowest BCUT2D eigenvalue weighted by atomic mass is 9.77. The van der Waals surface area contributed by atoms with Gasteiger partial charge in [-0.3, -0.25) is 14.4 Å². The van der Waals surface area contributed by atoms with E-state index in [1.165, 1.54) is 6.92 Å². The van der Waals surface area contributed by atoms with Crippen LogP contribution >= 0.6 is 23.2 Å². The van der Waals surface area contributed by atoms with Crippen LogP contribution in [0.1, 0.15) is 26.7 Å². The molecule has 16 heavy (non-hydrogen) atoms. The molecular weight excluding hydrogens is 259 g/mol. The summed E-state index contributed by atoms with van der Waals surface area (Å²) in [5, 5.41) is 16.6. The van der Waals surface area contributed by atoms with Gasteiger partial charge < -0.3 is 10.2 Å². The van der Waals surface area contributed by atoms with Crippen molar-refractivity contribution >= 4 is 39.7 Å². The Labute approximate surface area is 102 Å². The molecule has 0 aliphatic carbocycles. The molecule has 0 rings (SSSR count). The molecule has 0 radical (unpaired) electrons. The molecule has 5 nitrogen and oxygen atoms in total. The number of halogens is 2. The second-order valence-electron chi connectivity index (χ2n) is 4.12. The molecule has 2 N–H and O–H groups in total. The molecule has 0 aromatic carbocycles. The Hall–Kier alpha value is -0.650. The van der Waals surface area contributed by atoms with Crippen molar-refractivity contribution in [2.45, 2.75) is 32.3 Å². The molecule has 0 saturated heterocycles. The number of hydrogen-bond acceptors (Lipinski definition) is 4. The first-order valence-corrected chi connectivity index (χ1v) is 5.11. The van der Waals surface area contributed by atoms with Crippen LogP contribution in [0.5, 0.6) is 0 Å². The van der Waals surface area contributed by atoms with Gasteiger partial charge in [-0.25, -0.2) is 0 Å². The van der Waals surface area contributed by atoms with Crippen molar-refractivity contribution in [3.63, 3.8) is 0 Å². The smallest absolute Gasteiger partial charge is 0.309 e. The first-order chi connectivity index (χ1) is 7.01. The third-order valence-corrected chi connectivity index (χ3v) is 2.74. The van der Waals surface area contributed by atoms with Crippen LogP contribution < -0.4 is 0 Å². The van der Waals surface area contributed by atoms with Gasteiger partial charge in [0.2, 0.25) is 5.24 Å². The molecule has 0 spiro atoms. The Morgan fingerprint density at radius 2 is 1.62 bits per heavy atom. The quantitative estimate of drug-likeness (QED) is 0.707. The van der Waals surface area contributed by atoms with E-state index < -0.39 is 40.3 Å². The van der Waals surface area contributed by atoms with Crippen LogP contribution in [0.3, 0.4) is 0 Å². The fraction of sp³-hybridized carbons (Fsp3) is 0.667. The molecule has 7 heteroatoms. The van der Waals surface area contributed by atoms with Gasteiger partial charge in [-0.2, -0.15) is 0 Å². The average Bonchev–Trinajstić information content (AvgIpc) is 2.00. The maximum absolute atomic E-state index is 11.0. The molecule has 0 amide bonds. The molecule has 92 valence electrons. The standard InChI is InChI=1S/C9H12Cl2O5/c1-8(7(14)15,3-5(10)12)4-9(2,16)6(11)13/h16H,3-4H2,1-2H3,(H,14,15)/t8-,9-/m0/s1. The maximum atomic E-state index is 11.0. The zero-order chi connectivity index (χ0) is 13.1. The van der Waals surface area contributed by atoms with E-state index in [1.807, 2.05) is 0 Å². The van der Waals surface area contributed by atoms with E-state index in [-0.39, 0.29) is 0 Å². The minimum Gasteiger partial charge on any atom is -0.481 e. The van der Waals surface area contributed by atoms with Crippen molar-refractivity contribution in [3.05, 3.63) is 0 Å². The van der Waals surface area contributed by atoms with Crippen molar-refractivity contribution in [1.29, 1.82) is 0 Å².